The Balaban J connectivity index is 1.93. The molecule has 1 N–H and O–H groups in total. The van der Waals surface area contributed by atoms with Crippen LogP contribution >= 0.6 is 0 Å². The molecule has 0 spiro atoms. The van der Waals surface area contributed by atoms with Crippen molar-refractivity contribution in [3.05, 3.63) is 12.2 Å². The first-order chi connectivity index (χ1) is 8.60. The third-order valence-electron chi connectivity index (χ3n) is 5.49. The summed E-state index contributed by atoms with van der Waals surface area (Å²) in [6.07, 6.45) is 7.71. The van der Waals surface area contributed by atoms with E-state index in [1.807, 2.05) is 6.92 Å². The van der Waals surface area contributed by atoms with Gasteiger partial charge in [-0.2, -0.15) is 0 Å². The van der Waals surface area contributed by atoms with Gasteiger partial charge < -0.3 is 0 Å². The lowest BCUT2D eigenvalue weighted by molar-refractivity contribution is -0.797. The van der Waals surface area contributed by atoms with Gasteiger partial charge in [0.1, 0.15) is 0 Å². The summed E-state index contributed by atoms with van der Waals surface area (Å²) in [4.78, 5) is 0. The van der Waals surface area contributed by atoms with Crippen LogP contribution in [-0.2, 0) is 0 Å². The molecule has 2 heteroatoms. The molecule has 1 unspecified atom stereocenters. The summed E-state index contributed by atoms with van der Waals surface area (Å²) in [5.74, 6) is 3.24. The Morgan fingerprint density at radius 1 is 1.22 bits per heavy atom. The van der Waals surface area contributed by atoms with Gasteiger partial charge in [-0.3, -0.25) is 5.21 Å². The van der Waals surface area contributed by atoms with Gasteiger partial charge in [-0.15, -0.1) is 0 Å². The van der Waals surface area contributed by atoms with Crippen molar-refractivity contribution in [3.63, 3.8) is 0 Å². The van der Waals surface area contributed by atoms with Crippen LogP contribution in [0.3, 0.4) is 0 Å². The highest BCUT2D eigenvalue weighted by atomic mass is 16.5. The third-order valence-corrected chi connectivity index (χ3v) is 5.49. The minimum atomic E-state index is 0.123. The molecule has 0 amide bonds. The first-order valence-corrected chi connectivity index (χ1v) is 7.60. The summed E-state index contributed by atoms with van der Waals surface area (Å²) in [7, 11) is 0. The minimum absolute atomic E-state index is 0.123. The van der Waals surface area contributed by atoms with Crippen molar-refractivity contribution >= 4 is 5.71 Å². The predicted molar refractivity (Wildman–Crippen MR) is 73.0 cm³/mol. The molecule has 0 aromatic rings. The second-order valence-corrected chi connectivity index (χ2v) is 6.84. The highest BCUT2D eigenvalue weighted by Gasteiger charge is 2.51. The van der Waals surface area contributed by atoms with Gasteiger partial charge in [-0.1, -0.05) is 13.5 Å². The molecule has 0 saturated heterocycles. The molecule has 4 rings (SSSR count). The van der Waals surface area contributed by atoms with Crippen molar-refractivity contribution in [1.82, 2.24) is 0 Å². The molecule has 4 aliphatic rings. The number of rotatable bonds is 3. The molecule has 4 bridgehead atoms. The van der Waals surface area contributed by atoms with Crippen molar-refractivity contribution in [2.24, 2.45) is 23.7 Å². The fourth-order valence-electron chi connectivity index (χ4n) is 4.95. The zero-order valence-corrected chi connectivity index (χ0v) is 11.7. The van der Waals surface area contributed by atoms with Crippen molar-refractivity contribution < 1.29 is 9.95 Å². The molecular weight excluding hydrogens is 222 g/mol. The molecule has 0 aliphatic heterocycles. The third kappa shape index (κ3) is 1.81. The van der Waals surface area contributed by atoms with Gasteiger partial charge in [-0.25, -0.2) is 0 Å². The monoisotopic (exact) mass is 248 g/mol. The fraction of sp³-hybridized carbons (Fsp3) is 0.812. The van der Waals surface area contributed by atoms with Crippen molar-refractivity contribution in [1.29, 1.82) is 0 Å². The first-order valence-electron chi connectivity index (χ1n) is 7.60. The molecule has 4 fully saturated rings. The Bertz CT molecular complexity index is 366. The Morgan fingerprint density at radius 2 is 1.72 bits per heavy atom. The average molecular weight is 248 g/mol. The molecule has 2 nitrogen and oxygen atoms in total. The lowest BCUT2D eigenvalue weighted by Gasteiger charge is -2.48. The smallest absolute Gasteiger partial charge is 0.222 e. The van der Waals surface area contributed by atoms with Gasteiger partial charge in [0.25, 0.3) is 0 Å². The van der Waals surface area contributed by atoms with Crippen LogP contribution in [-0.4, -0.2) is 21.7 Å². The lowest BCUT2D eigenvalue weighted by atomic mass is 9.55. The second kappa shape index (κ2) is 4.40. The van der Waals surface area contributed by atoms with E-state index in [1.165, 1.54) is 37.8 Å². The quantitative estimate of drug-likeness (QED) is 0.350. The first kappa shape index (κ1) is 12.3. The molecular formula is C16H26NO+. The zero-order valence-electron chi connectivity index (χ0n) is 11.7. The normalized spacial score (nSPS) is 38.9. The molecule has 1 atom stereocenters. The van der Waals surface area contributed by atoms with E-state index in [2.05, 4.69) is 13.5 Å². The van der Waals surface area contributed by atoms with Crippen LogP contribution in [0, 0.1) is 23.7 Å². The van der Waals surface area contributed by atoms with Crippen molar-refractivity contribution in [2.45, 2.75) is 58.4 Å². The van der Waals surface area contributed by atoms with Crippen molar-refractivity contribution in [2.75, 3.05) is 0 Å². The predicted octanol–water partition coefficient (Wildman–Crippen LogP) is 3.64. The fourth-order valence-corrected chi connectivity index (χ4v) is 4.95. The summed E-state index contributed by atoms with van der Waals surface area (Å²) in [6.45, 7) is 8.22. The van der Waals surface area contributed by atoms with Crippen LogP contribution in [0.5, 0.6) is 0 Å². The van der Waals surface area contributed by atoms with Gasteiger partial charge in [-0.05, 0) is 61.2 Å². The molecule has 0 aromatic heterocycles. The molecule has 100 valence electrons. The number of hydroxylamine groups is 1. The summed E-state index contributed by atoms with van der Waals surface area (Å²) in [5, 5.41) is 10.6. The van der Waals surface area contributed by atoms with E-state index in [-0.39, 0.29) is 6.04 Å². The van der Waals surface area contributed by atoms with Gasteiger partial charge >= 0.3 is 0 Å². The molecule has 0 radical (unpaired) electrons. The summed E-state index contributed by atoms with van der Waals surface area (Å²) in [6, 6.07) is 0.123. The van der Waals surface area contributed by atoms with E-state index >= 15 is 0 Å². The van der Waals surface area contributed by atoms with Gasteiger partial charge in [0, 0.05) is 18.3 Å². The van der Waals surface area contributed by atoms with Crippen LogP contribution in [0.15, 0.2) is 12.2 Å². The van der Waals surface area contributed by atoms with E-state index < -0.39 is 0 Å². The Hall–Kier alpha value is -0.790. The van der Waals surface area contributed by atoms with Crippen LogP contribution in [0.2, 0.25) is 0 Å². The highest BCUT2D eigenvalue weighted by Crippen LogP contribution is 2.52. The standard InChI is InChI=1S/C16H26NO/c1-4-15(10(2)3)17(18)16-13-6-11-5-12(8-13)9-14(16)7-11/h11-15,18H,2,4-9H2,1,3H3/q+1. The Kier molecular flexibility index (Phi) is 2.99. The van der Waals surface area contributed by atoms with E-state index in [0.29, 0.717) is 11.8 Å². The van der Waals surface area contributed by atoms with E-state index in [9.17, 15) is 5.21 Å². The van der Waals surface area contributed by atoms with Crippen molar-refractivity contribution in [3.8, 4) is 0 Å². The van der Waals surface area contributed by atoms with Gasteiger partial charge in [0.2, 0.25) is 11.8 Å². The summed E-state index contributed by atoms with van der Waals surface area (Å²) < 4.78 is 1.62. The van der Waals surface area contributed by atoms with E-state index in [0.717, 1.165) is 23.8 Å². The maximum absolute atomic E-state index is 10.6. The molecule has 18 heavy (non-hydrogen) atoms. The summed E-state index contributed by atoms with van der Waals surface area (Å²) in [5.41, 5.74) is 2.44. The maximum Gasteiger partial charge on any atom is 0.222 e. The number of nitrogens with zero attached hydrogens (tertiary/aromatic N) is 1. The minimum Gasteiger partial charge on any atom is -0.290 e. The van der Waals surface area contributed by atoms with Gasteiger partial charge in [0.15, 0.2) is 0 Å². The topological polar surface area (TPSA) is 23.2 Å². The molecule has 4 saturated carbocycles. The van der Waals surface area contributed by atoms with E-state index in [4.69, 9.17) is 0 Å². The lowest BCUT2D eigenvalue weighted by Crippen LogP contribution is -2.50. The number of hydrogen-bond donors (Lipinski definition) is 1. The van der Waals surface area contributed by atoms with Crippen LogP contribution in [0.1, 0.15) is 52.4 Å². The molecule has 0 aromatic carbocycles. The maximum atomic E-state index is 10.6. The molecule has 4 aliphatic carbocycles. The largest absolute Gasteiger partial charge is 0.290 e. The highest BCUT2D eigenvalue weighted by molar-refractivity contribution is 5.86. The summed E-state index contributed by atoms with van der Waals surface area (Å²) >= 11 is 0. The van der Waals surface area contributed by atoms with Crippen LogP contribution in [0.25, 0.3) is 0 Å². The number of hydrogen-bond acceptors (Lipinski definition) is 1. The Morgan fingerprint density at radius 3 is 2.11 bits per heavy atom. The second-order valence-electron chi connectivity index (χ2n) is 6.84. The van der Waals surface area contributed by atoms with E-state index in [1.54, 1.807) is 4.74 Å². The van der Waals surface area contributed by atoms with Crippen LogP contribution < -0.4 is 0 Å². The van der Waals surface area contributed by atoms with Crippen LogP contribution in [0.4, 0.5) is 0 Å². The Labute approximate surface area is 110 Å². The van der Waals surface area contributed by atoms with Gasteiger partial charge in [0.05, 0.1) is 0 Å². The molecule has 0 heterocycles. The average Bonchev–Trinajstić information content (AvgIpc) is 2.27. The zero-order chi connectivity index (χ0) is 12.9. The SMILES string of the molecule is C=C(C)C(CC)[N+](O)=C1C2CC3CC(C2)CC1C3.